The lowest BCUT2D eigenvalue weighted by Gasteiger charge is -2.33. The van der Waals surface area contributed by atoms with Crippen molar-refractivity contribution in [1.82, 2.24) is 9.97 Å². The van der Waals surface area contributed by atoms with Gasteiger partial charge in [0.25, 0.3) is 0 Å². The molecule has 1 aromatic rings. The standard InChI is InChI=1S/C16H29N5O2/c1-13-5-4-6-21(11-13)16-14(17)15(18-12-19-16)20(7-9-22-2)8-10-23-3/h12-13H,4-11,17H2,1-3H3. The molecule has 0 radical (unpaired) electrons. The summed E-state index contributed by atoms with van der Waals surface area (Å²) in [4.78, 5) is 13.2. The summed E-state index contributed by atoms with van der Waals surface area (Å²) in [6.07, 6.45) is 4.05. The van der Waals surface area contributed by atoms with Gasteiger partial charge < -0.3 is 25.0 Å². The average Bonchev–Trinajstić information content (AvgIpc) is 2.56. The molecule has 0 amide bonds. The quantitative estimate of drug-likeness (QED) is 0.774. The minimum atomic E-state index is 0.614. The Kier molecular flexibility index (Phi) is 6.85. The molecule has 0 saturated carbocycles. The van der Waals surface area contributed by atoms with Crippen molar-refractivity contribution < 1.29 is 9.47 Å². The van der Waals surface area contributed by atoms with Gasteiger partial charge in [0, 0.05) is 40.4 Å². The summed E-state index contributed by atoms with van der Waals surface area (Å²) in [6.45, 7) is 6.94. The summed E-state index contributed by atoms with van der Waals surface area (Å²) in [5, 5.41) is 0. The van der Waals surface area contributed by atoms with Gasteiger partial charge in [0.1, 0.15) is 12.0 Å². The monoisotopic (exact) mass is 323 g/mol. The average molecular weight is 323 g/mol. The molecule has 1 aromatic heterocycles. The molecule has 1 fully saturated rings. The van der Waals surface area contributed by atoms with Crippen molar-refractivity contribution >= 4 is 17.3 Å². The fourth-order valence-electron chi connectivity index (χ4n) is 2.99. The lowest BCUT2D eigenvalue weighted by molar-refractivity contribution is 0.190. The molecule has 130 valence electrons. The molecular formula is C16H29N5O2. The van der Waals surface area contributed by atoms with E-state index in [9.17, 15) is 0 Å². The smallest absolute Gasteiger partial charge is 0.157 e. The van der Waals surface area contributed by atoms with Crippen LogP contribution in [0.1, 0.15) is 19.8 Å². The van der Waals surface area contributed by atoms with Crippen LogP contribution in [-0.2, 0) is 9.47 Å². The highest BCUT2D eigenvalue weighted by molar-refractivity contribution is 5.75. The second kappa shape index (κ2) is 8.88. The number of anilines is 3. The van der Waals surface area contributed by atoms with Crippen molar-refractivity contribution in [1.29, 1.82) is 0 Å². The topological polar surface area (TPSA) is 76.7 Å². The van der Waals surface area contributed by atoms with Gasteiger partial charge in [-0.1, -0.05) is 6.92 Å². The fourth-order valence-corrected chi connectivity index (χ4v) is 2.99. The number of ether oxygens (including phenoxy) is 2. The molecule has 0 spiro atoms. The van der Waals surface area contributed by atoms with Crippen LogP contribution in [0.15, 0.2) is 6.33 Å². The summed E-state index contributed by atoms with van der Waals surface area (Å²) >= 11 is 0. The van der Waals surface area contributed by atoms with Crippen LogP contribution in [0.4, 0.5) is 17.3 Å². The van der Waals surface area contributed by atoms with Crippen LogP contribution in [0, 0.1) is 5.92 Å². The molecule has 7 nitrogen and oxygen atoms in total. The summed E-state index contributed by atoms with van der Waals surface area (Å²) in [6, 6.07) is 0. The van der Waals surface area contributed by atoms with Crippen LogP contribution >= 0.6 is 0 Å². The van der Waals surface area contributed by atoms with Gasteiger partial charge in [-0.15, -0.1) is 0 Å². The van der Waals surface area contributed by atoms with Gasteiger partial charge in [-0.3, -0.25) is 0 Å². The molecule has 1 aliphatic heterocycles. The number of rotatable bonds is 8. The third-order valence-electron chi connectivity index (χ3n) is 4.23. The fraction of sp³-hybridized carbons (Fsp3) is 0.750. The molecule has 0 bridgehead atoms. The maximum atomic E-state index is 6.41. The first-order valence-corrected chi connectivity index (χ1v) is 8.25. The maximum Gasteiger partial charge on any atom is 0.157 e. The Morgan fingerprint density at radius 3 is 2.57 bits per heavy atom. The van der Waals surface area contributed by atoms with Gasteiger partial charge in [0.15, 0.2) is 11.6 Å². The zero-order chi connectivity index (χ0) is 16.7. The van der Waals surface area contributed by atoms with E-state index < -0.39 is 0 Å². The van der Waals surface area contributed by atoms with E-state index in [4.69, 9.17) is 15.2 Å². The van der Waals surface area contributed by atoms with E-state index in [0.717, 1.165) is 37.8 Å². The van der Waals surface area contributed by atoms with Crippen molar-refractivity contribution in [3.8, 4) is 0 Å². The lowest BCUT2D eigenvalue weighted by Crippen LogP contribution is -2.36. The number of aromatic nitrogens is 2. The second-order valence-corrected chi connectivity index (χ2v) is 6.10. The maximum absolute atomic E-state index is 6.41. The van der Waals surface area contributed by atoms with Crippen molar-refractivity contribution in [3.05, 3.63) is 6.33 Å². The van der Waals surface area contributed by atoms with E-state index in [0.29, 0.717) is 24.8 Å². The number of piperidine rings is 1. The Morgan fingerprint density at radius 2 is 1.96 bits per heavy atom. The van der Waals surface area contributed by atoms with Gasteiger partial charge in [-0.2, -0.15) is 0 Å². The molecule has 1 atom stereocenters. The molecule has 23 heavy (non-hydrogen) atoms. The van der Waals surface area contributed by atoms with Crippen molar-refractivity contribution in [2.24, 2.45) is 5.92 Å². The minimum absolute atomic E-state index is 0.614. The van der Waals surface area contributed by atoms with E-state index in [1.807, 2.05) is 0 Å². The van der Waals surface area contributed by atoms with Crippen LogP contribution in [0.2, 0.25) is 0 Å². The van der Waals surface area contributed by atoms with Gasteiger partial charge >= 0.3 is 0 Å². The molecule has 1 unspecified atom stereocenters. The number of methoxy groups -OCH3 is 2. The second-order valence-electron chi connectivity index (χ2n) is 6.10. The van der Waals surface area contributed by atoms with Gasteiger partial charge in [-0.05, 0) is 18.8 Å². The lowest BCUT2D eigenvalue weighted by atomic mass is 10.0. The molecule has 0 aliphatic carbocycles. The van der Waals surface area contributed by atoms with Crippen LogP contribution in [0.3, 0.4) is 0 Å². The van der Waals surface area contributed by atoms with E-state index in [-0.39, 0.29) is 0 Å². The Hall–Kier alpha value is -1.60. The highest BCUT2D eigenvalue weighted by Gasteiger charge is 2.22. The molecule has 1 saturated heterocycles. The molecule has 2 N–H and O–H groups in total. The zero-order valence-electron chi connectivity index (χ0n) is 14.5. The Labute approximate surface area is 138 Å². The molecular weight excluding hydrogens is 294 g/mol. The normalized spacial score (nSPS) is 18.2. The first-order chi connectivity index (χ1) is 11.2. The Morgan fingerprint density at radius 1 is 1.26 bits per heavy atom. The molecule has 1 aliphatic rings. The molecule has 0 aromatic carbocycles. The summed E-state index contributed by atoms with van der Waals surface area (Å²) < 4.78 is 10.4. The summed E-state index contributed by atoms with van der Waals surface area (Å²) in [5.41, 5.74) is 7.06. The Bertz CT molecular complexity index is 478. The minimum Gasteiger partial charge on any atom is -0.393 e. The van der Waals surface area contributed by atoms with Gasteiger partial charge in [0.2, 0.25) is 0 Å². The molecule has 7 heteroatoms. The van der Waals surface area contributed by atoms with Crippen LogP contribution in [0.5, 0.6) is 0 Å². The van der Waals surface area contributed by atoms with Crippen molar-refractivity contribution in [2.45, 2.75) is 19.8 Å². The zero-order valence-corrected chi connectivity index (χ0v) is 14.5. The molecule has 2 heterocycles. The SMILES string of the molecule is COCCN(CCOC)c1ncnc(N2CCCC(C)C2)c1N. The third kappa shape index (κ3) is 4.68. The van der Waals surface area contributed by atoms with Gasteiger partial charge in [-0.25, -0.2) is 9.97 Å². The third-order valence-corrected chi connectivity index (χ3v) is 4.23. The number of hydrogen-bond donors (Lipinski definition) is 1. The van der Waals surface area contributed by atoms with E-state index in [1.54, 1.807) is 20.5 Å². The first kappa shape index (κ1) is 17.7. The number of hydrogen-bond acceptors (Lipinski definition) is 7. The first-order valence-electron chi connectivity index (χ1n) is 8.25. The predicted octanol–water partition coefficient (Wildman–Crippen LogP) is 1.39. The van der Waals surface area contributed by atoms with E-state index in [1.165, 1.54) is 12.8 Å². The summed E-state index contributed by atoms with van der Waals surface area (Å²) in [7, 11) is 3.39. The predicted molar refractivity (Wildman–Crippen MR) is 93.0 cm³/mol. The van der Waals surface area contributed by atoms with Crippen LogP contribution < -0.4 is 15.5 Å². The largest absolute Gasteiger partial charge is 0.393 e. The summed E-state index contributed by atoms with van der Waals surface area (Å²) in [5.74, 6) is 2.28. The number of nitrogens with two attached hydrogens (primary N) is 1. The molecule has 2 rings (SSSR count). The van der Waals surface area contributed by atoms with E-state index >= 15 is 0 Å². The highest BCUT2D eigenvalue weighted by atomic mass is 16.5. The van der Waals surface area contributed by atoms with Gasteiger partial charge in [0.05, 0.1) is 13.2 Å². The number of nitrogen functional groups attached to an aromatic ring is 1. The number of nitrogens with zero attached hydrogens (tertiary/aromatic N) is 4. The van der Waals surface area contributed by atoms with Crippen molar-refractivity contribution in [3.63, 3.8) is 0 Å². The van der Waals surface area contributed by atoms with Crippen LogP contribution in [-0.4, -0.2) is 63.6 Å². The van der Waals surface area contributed by atoms with Crippen LogP contribution in [0.25, 0.3) is 0 Å². The Balaban J connectivity index is 2.21. The highest BCUT2D eigenvalue weighted by Crippen LogP contribution is 2.31. The van der Waals surface area contributed by atoms with Crippen molar-refractivity contribution in [2.75, 3.05) is 69.1 Å². The van der Waals surface area contributed by atoms with E-state index in [2.05, 4.69) is 26.7 Å².